The Kier molecular flexibility index (Phi) is 9.94. The van der Waals surface area contributed by atoms with Crippen molar-refractivity contribution in [2.45, 2.75) is 71.4 Å². The number of furan rings is 1. The van der Waals surface area contributed by atoms with Crippen molar-refractivity contribution in [1.29, 1.82) is 0 Å². The van der Waals surface area contributed by atoms with Gasteiger partial charge in [-0.05, 0) is 36.2 Å². The zero-order valence-electron chi connectivity index (χ0n) is 18.0. The summed E-state index contributed by atoms with van der Waals surface area (Å²) in [6.07, 6.45) is 11.2. The Morgan fingerprint density at radius 2 is 1.73 bits per heavy atom. The van der Waals surface area contributed by atoms with Crippen LogP contribution < -0.4 is 4.18 Å². The molecule has 0 bridgehead atoms. The average Bonchev–Trinajstić information content (AvgIpc) is 3.19. The van der Waals surface area contributed by atoms with Gasteiger partial charge in [0.15, 0.2) is 0 Å². The highest BCUT2D eigenvalue weighted by Crippen LogP contribution is 2.19. The predicted octanol–water partition coefficient (Wildman–Crippen LogP) is 5.29. The Hall–Kier alpha value is -2.28. The Morgan fingerprint density at radius 3 is 2.40 bits per heavy atom. The van der Waals surface area contributed by atoms with Crippen molar-refractivity contribution < 1.29 is 21.8 Å². The summed E-state index contributed by atoms with van der Waals surface area (Å²) in [5.74, 6) is 1.02. The summed E-state index contributed by atoms with van der Waals surface area (Å²) in [7, 11) is -3.60. The molecule has 1 amide bonds. The van der Waals surface area contributed by atoms with Gasteiger partial charge in [-0.1, -0.05) is 57.6 Å². The Morgan fingerprint density at radius 1 is 1.00 bits per heavy atom. The lowest BCUT2D eigenvalue weighted by molar-refractivity contribution is -0.132. The van der Waals surface area contributed by atoms with Crippen LogP contribution in [0.4, 0.5) is 0 Å². The lowest BCUT2D eigenvalue weighted by Gasteiger charge is -2.22. The van der Waals surface area contributed by atoms with E-state index in [1.165, 1.54) is 25.7 Å². The van der Waals surface area contributed by atoms with E-state index in [4.69, 9.17) is 8.60 Å². The Bertz CT molecular complexity index is 861. The molecule has 2 aromatic rings. The monoisotopic (exact) mass is 435 g/mol. The zero-order chi connectivity index (χ0) is 21.8. The number of hydrogen-bond donors (Lipinski definition) is 0. The third-order valence-electron chi connectivity index (χ3n) is 4.79. The number of nitrogens with zero attached hydrogens (tertiary/aromatic N) is 1. The van der Waals surface area contributed by atoms with Gasteiger partial charge in [-0.25, -0.2) is 0 Å². The van der Waals surface area contributed by atoms with Gasteiger partial charge in [0.25, 0.3) is 0 Å². The molecule has 0 saturated carbocycles. The van der Waals surface area contributed by atoms with Crippen molar-refractivity contribution in [3.05, 3.63) is 54.0 Å². The van der Waals surface area contributed by atoms with Crippen LogP contribution in [0.5, 0.6) is 5.75 Å². The number of benzene rings is 1. The fourth-order valence-corrected chi connectivity index (χ4v) is 3.76. The second-order valence-electron chi connectivity index (χ2n) is 7.64. The van der Waals surface area contributed by atoms with Crippen LogP contribution in [-0.4, -0.2) is 25.5 Å². The molecule has 1 aromatic heterocycles. The Balaban J connectivity index is 1.96. The predicted molar refractivity (Wildman–Crippen MR) is 117 cm³/mol. The number of hydrogen-bond acceptors (Lipinski definition) is 5. The van der Waals surface area contributed by atoms with Gasteiger partial charge >= 0.3 is 10.1 Å². The molecule has 0 unspecified atom stereocenters. The van der Waals surface area contributed by atoms with Crippen LogP contribution in [0, 0.1) is 0 Å². The maximum atomic E-state index is 12.9. The molecule has 0 aliphatic heterocycles. The highest BCUT2D eigenvalue weighted by molar-refractivity contribution is 7.86. The number of unbranched alkanes of at least 4 members (excludes halogenated alkanes) is 6. The molecule has 0 spiro atoms. The molecular weight excluding hydrogens is 402 g/mol. The van der Waals surface area contributed by atoms with E-state index in [1.54, 1.807) is 35.4 Å². The lowest BCUT2D eigenvalue weighted by atomic mass is 10.1. The standard InChI is InChI=1S/C23H33NO5S/c1-3-4-5-6-7-8-9-15-23(25)24(19-22-14-11-16-28-22)18-20-12-10-13-21(17-20)29-30(2,26)27/h10-14,16-17H,3-9,15,18-19H2,1-2H3. The van der Waals surface area contributed by atoms with Crippen LogP contribution in [-0.2, 0) is 28.0 Å². The molecule has 1 heterocycles. The topological polar surface area (TPSA) is 76.8 Å². The summed E-state index contributed by atoms with van der Waals surface area (Å²) in [5, 5.41) is 0. The fraction of sp³-hybridized carbons (Fsp3) is 0.522. The quantitative estimate of drug-likeness (QED) is 0.298. The zero-order valence-corrected chi connectivity index (χ0v) is 18.8. The van der Waals surface area contributed by atoms with Crippen molar-refractivity contribution in [2.75, 3.05) is 6.26 Å². The molecule has 2 rings (SSSR count). The number of amides is 1. The van der Waals surface area contributed by atoms with Gasteiger partial charge in [-0.15, -0.1) is 0 Å². The maximum Gasteiger partial charge on any atom is 0.306 e. The first-order chi connectivity index (χ1) is 14.4. The molecule has 0 aliphatic carbocycles. The van der Waals surface area contributed by atoms with Gasteiger partial charge in [0.2, 0.25) is 5.91 Å². The molecule has 0 aliphatic rings. The Labute approximate surface area is 180 Å². The third kappa shape index (κ3) is 9.48. The van der Waals surface area contributed by atoms with Crippen LogP contribution in [0.25, 0.3) is 0 Å². The summed E-state index contributed by atoms with van der Waals surface area (Å²) in [4.78, 5) is 14.6. The molecule has 0 radical (unpaired) electrons. The molecule has 0 fully saturated rings. The normalized spacial score (nSPS) is 11.4. The number of carbonyl (C=O) groups excluding carboxylic acids is 1. The van der Waals surface area contributed by atoms with Crippen LogP contribution in [0.15, 0.2) is 47.1 Å². The van der Waals surface area contributed by atoms with Crippen molar-refractivity contribution in [3.63, 3.8) is 0 Å². The van der Waals surface area contributed by atoms with Crippen molar-refractivity contribution in [1.82, 2.24) is 4.90 Å². The van der Waals surface area contributed by atoms with E-state index in [-0.39, 0.29) is 11.7 Å². The van der Waals surface area contributed by atoms with Crippen LogP contribution in [0.1, 0.15) is 69.6 Å². The summed E-state index contributed by atoms with van der Waals surface area (Å²) < 4.78 is 33.2. The van der Waals surface area contributed by atoms with E-state index in [1.807, 2.05) is 12.1 Å². The highest BCUT2D eigenvalue weighted by Gasteiger charge is 2.16. The van der Waals surface area contributed by atoms with E-state index < -0.39 is 10.1 Å². The van der Waals surface area contributed by atoms with Crippen LogP contribution in [0.3, 0.4) is 0 Å². The second-order valence-corrected chi connectivity index (χ2v) is 9.21. The first kappa shape index (κ1) is 24.0. The molecule has 1 aromatic carbocycles. The van der Waals surface area contributed by atoms with Crippen LogP contribution in [0.2, 0.25) is 0 Å². The first-order valence-electron chi connectivity index (χ1n) is 10.7. The summed E-state index contributed by atoms with van der Waals surface area (Å²) in [6.45, 7) is 2.94. The maximum absolute atomic E-state index is 12.9. The lowest BCUT2D eigenvalue weighted by Crippen LogP contribution is -2.29. The highest BCUT2D eigenvalue weighted by atomic mass is 32.2. The third-order valence-corrected chi connectivity index (χ3v) is 5.29. The van der Waals surface area contributed by atoms with Gasteiger partial charge < -0.3 is 13.5 Å². The van der Waals surface area contributed by atoms with Crippen molar-refractivity contribution in [2.24, 2.45) is 0 Å². The van der Waals surface area contributed by atoms with Crippen molar-refractivity contribution in [3.8, 4) is 5.75 Å². The first-order valence-corrected chi connectivity index (χ1v) is 12.5. The molecule has 0 atom stereocenters. The largest absolute Gasteiger partial charge is 0.467 e. The van der Waals surface area contributed by atoms with Gasteiger partial charge in [0, 0.05) is 13.0 Å². The van der Waals surface area contributed by atoms with Gasteiger partial charge in [-0.2, -0.15) is 8.42 Å². The van der Waals surface area contributed by atoms with E-state index >= 15 is 0 Å². The average molecular weight is 436 g/mol. The van der Waals surface area contributed by atoms with E-state index in [9.17, 15) is 13.2 Å². The van der Waals surface area contributed by atoms with Crippen molar-refractivity contribution >= 4 is 16.0 Å². The van der Waals surface area contributed by atoms with Crippen LogP contribution >= 0.6 is 0 Å². The van der Waals surface area contributed by atoms with E-state index in [2.05, 4.69) is 6.92 Å². The smallest absolute Gasteiger partial charge is 0.306 e. The second kappa shape index (κ2) is 12.4. The minimum absolute atomic E-state index is 0.0643. The molecular formula is C23H33NO5S. The van der Waals surface area contributed by atoms with Gasteiger partial charge in [0.1, 0.15) is 11.5 Å². The molecule has 6 nitrogen and oxygen atoms in total. The summed E-state index contributed by atoms with van der Waals surface area (Å²) in [5.41, 5.74) is 0.802. The SMILES string of the molecule is CCCCCCCCCC(=O)N(Cc1cccc(OS(C)(=O)=O)c1)Cc1ccco1. The minimum Gasteiger partial charge on any atom is -0.467 e. The number of carbonyl (C=O) groups is 1. The molecule has 7 heteroatoms. The van der Waals surface area contributed by atoms with E-state index in [0.29, 0.717) is 25.3 Å². The van der Waals surface area contributed by atoms with Gasteiger partial charge in [0.05, 0.1) is 19.1 Å². The molecule has 0 saturated heterocycles. The van der Waals surface area contributed by atoms with E-state index in [0.717, 1.165) is 31.1 Å². The summed E-state index contributed by atoms with van der Waals surface area (Å²) >= 11 is 0. The molecule has 30 heavy (non-hydrogen) atoms. The minimum atomic E-state index is -3.60. The fourth-order valence-electron chi connectivity index (χ4n) is 3.31. The molecule has 166 valence electrons. The number of rotatable bonds is 14. The summed E-state index contributed by atoms with van der Waals surface area (Å²) in [6, 6.07) is 10.5. The van der Waals surface area contributed by atoms with Gasteiger partial charge in [-0.3, -0.25) is 4.79 Å². The molecule has 0 N–H and O–H groups in total.